The van der Waals surface area contributed by atoms with Crippen molar-refractivity contribution in [3.63, 3.8) is 0 Å². The standard InChI is InChI=1S/C17H28O3S/c1-16(2,3)12-15(17(4,5)6)13-8-10-14(11-9-13)21(18,19)20-7/h8-11,15H,12H2,1-7H3. The molecule has 0 N–H and O–H groups in total. The molecule has 1 rings (SSSR count). The van der Waals surface area contributed by atoms with Gasteiger partial charge in [-0.05, 0) is 40.9 Å². The Morgan fingerprint density at radius 3 is 1.81 bits per heavy atom. The fourth-order valence-corrected chi connectivity index (χ4v) is 3.16. The molecule has 4 heteroatoms. The Morgan fingerprint density at radius 2 is 1.48 bits per heavy atom. The van der Waals surface area contributed by atoms with Gasteiger partial charge < -0.3 is 0 Å². The molecule has 1 aromatic carbocycles. The largest absolute Gasteiger partial charge is 0.296 e. The third-order valence-electron chi connectivity index (χ3n) is 3.65. The van der Waals surface area contributed by atoms with E-state index in [1.807, 2.05) is 12.1 Å². The fraction of sp³-hybridized carbons (Fsp3) is 0.647. The number of rotatable bonds is 4. The van der Waals surface area contributed by atoms with Crippen molar-refractivity contribution in [2.24, 2.45) is 10.8 Å². The molecule has 1 unspecified atom stereocenters. The Kier molecular flexibility index (Phi) is 5.27. The SMILES string of the molecule is COS(=O)(=O)c1ccc(C(CC(C)(C)C)C(C)(C)C)cc1. The smallest absolute Gasteiger partial charge is 0.270 e. The Morgan fingerprint density at radius 1 is 1.00 bits per heavy atom. The Hall–Kier alpha value is -0.870. The lowest BCUT2D eigenvalue weighted by Crippen LogP contribution is -2.23. The van der Waals surface area contributed by atoms with E-state index in [4.69, 9.17) is 0 Å². The van der Waals surface area contributed by atoms with E-state index < -0.39 is 10.1 Å². The van der Waals surface area contributed by atoms with E-state index in [-0.39, 0.29) is 15.7 Å². The van der Waals surface area contributed by atoms with Gasteiger partial charge in [0.05, 0.1) is 12.0 Å². The number of benzene rings is 1. The van der Waals surface area contributed by atoms with Crippen molar-refractivity contribution in [1.82, 2.24) is 0 Å². The van der Waals surface area contributed by atoms with Crippen LogP contribution in [0.15, 0.2) is 29.2 Å². The van der Waals surface area contributed by atoms with E-state index in [0.717, 1.165) is 6.42 Å². The van der Waals surface area contributed by atoms with Gasteiger partial charge in [-0.3, -0.25) is 4.18 Å². The van der Waals surface area contributed by atoms with Gasteiger partial charge in [0.2, 0.25) is 0 Å². The molecule has 0 saturated carbocycles. The predicted octanol–water partition coefficient (Wildman–Crippen LogP) is 4.59. The summed E-state index contributed by atoms with van der Waals surface area (Å²) in [6.45, 7) is 13.4. The molecule has 0 aromatic heterocycles. The molecule has 0 aliphatic rings. The zero-order valence-corrected chi connectivity index (χ0v) is 15.0. The van der Waals surface area contributed by atoms with Crippen LogP contribution in [-0.4, -0.2) is 15.5 Å². The minimum absolute atomic E-state index is 0.120. The first-order valence-electron chi connectivity index (χ1n) is 7.27. The van der Waals surface area contributed by atoms with Crippen LogP contribution in [0.3, 0.4) is 0 Å². The van der Waals surface area contributed by atoms with Gasteiger partial charge in [0.15, 0.2) is 0 Å². The maximum Gasteiger partial charge on any atom is 0.296 e. The average molecular weight is 312 g/mol. The van der Waals surface area contributed by atoms with E-state index in [1.165, 1.54) is 12.7 Å². The van der Waals surface area contributed by atoms with E-state index in [0.29, 0.717) is 5.92 Å². The Balaban J connectivity index is 3.17. The summed E-state index contributed by atoms with van der Waals surface area (Å²) >= 11 is 0. The van der Waals surface area contributed by atoms with Crippen LogP contribution in [0.25, 0.3) is 0 Å². The lowest BCUT2D eigenvalue weighted by molar-refractivity contribution is 0.229. The van der Waals surface area contributed by atoms with Crippen LogP contribution in [0.5, 0.6) is 0 Å². The monoisotopic (exact) mass is 312 g/mol. The third-order valence-corrected chi connectivity index (χ3v) is 4.94. The van der Waals surface area contributed by atoms with Gasteiger partial charge in [-0.25, -0.2) is 0 Å². The van der Waals surface area contributed by atoms with Crippen LogP contribution in [0.1, 0.15) is 59.4 Å². The molecule has 0 bridgehead atoms. The third kappa shape index (κ3) is 5.11. The summed E-state index contributed by atoms with van der Waals surface area (Å²) in [6, 6.07) is 7.09. The first-order chi connectivity index (χ1) is 9.37. The van der Waals surface area contributed by atoms with E-state index in [2.05, 4.69) is 45.7 Å². The molecule has 3 nitrogen and oxygen atoms in total. The molecule has 0 fully saturated rings. The lowest BCUT2D eigenvalue weighted by atomic mass is 9.69. The average Bonchev–Trinajstić information content (AvgIpc) is 2.34. The second-order valence-corrected chi connectivity index (χ2v) is 9.59. The van der Waals surface area contributed by atoms with Gasteiger partial charge in [-0.15, -0.1) is 0 Å². The van der Waals surface area contributed by atoms with Crippen molar-refractivity contribution < 1.29 is 12.6 Å². The van der Waals surface area contributed by atoms with Gasteiger partial charge in [-0.2, -0.15) is 8.42 Å². The van der Waals surface area contributed by atoms with Gasteiger partial charge in [0.25, 0.3) is 10.1 Å². The van der Waals surface area contributed by atoms with Gasteiger partial charge >= 0.3 is 0 Å². The summed E-state index contributed by atoms with van der Waals surface area (Å²) in [6.07, 6.45) is 1.05. The maximum atomic E-state index is 11.7. The molecule has 21 heavy (non-hydrogen) atoms. The van der Waals surface area contributed by atoms with E-state index >= 15 is 0 Å². The van der Waals surface area contributed by atoms with E-state index in [1.54, 1.807) is 12.1 Å². The summed E-state index contributed by atoms with van der Waals surface area (Å²) in [5, 5.41) is 0. The van der Waals surface area contributed by atoms with Crippen LogP contribution in [0.4, 0.5) is 0 Å². The Labute approximate surface area is 129 Å². The van der Waals surface area contributed by atoms with Crippen molar-refractivity contribution in [3.05, 3.63) is 29.8 Å². The minimum Gasteiger partial charge on any atom is -0.270 e. The highest BCUT2D eigenvalue weighted by molar-refractivity contribution is 7.86. The molecule has 0 radical (unpaired) electrons. The van der Waals surface area contributed by atoms with Crippen LogP contribution in [0.2, 0.25) is 0 Å². The van der Waals surface area contributed by atoms with Crippen molar-refractivity contribution in [2.75, 3.05) is 7.11 Å². The van der Waals surface area contributed by atoms with Crippen LogP contribution < -0.4 is 0 Å². The second-order valence-electron chi connectivity index (χ2n) is 7.87. The molecular formula is C17H28O3S. The van der Waals surface area contributed by atoms with Crippen LogP contribution >= 0.6 is 0 Å². The van der Waals surface area contributed by atoms with Gasteiger partial charge in [-0.1, -0.05) is 53.7 Å². The highest BCUT2D eigenvalue weighted by Gasteiger charge is 2.30. The molecule has 0 spiro atoms. The molecule has 0 heterocycles. The van der Waals surface area contributed by atoms with Gasteiger partial charge in [0, 0.05) is 0 Å². The predicted molar refractivity (Wildman–Crippen MR) is 86.9 cm³/mol. The Bertz CT molecular complexity index is 558. The molecule has 0 aliphatic heterocycles. The topological polar surface area (TPSA) is 43.4 Å². The molecule has 1 atom stereocenters. The number of hydrogen-bond donors (Lipinski definition) is 0. The second kappa shape index (κ2) is 6.09. The first-order valence-corrected chi connectivity index (χ1v) is 8.68. The van der Waals surface area contributed by atoms with Crippen molar-refractivity contribution in [1.29, 1.82) is 0 Å². The van der Waals surface area contributed by atoms with Crippen molar-refractivity contribution in [2.45, 2.75) is 58.8 Å². The maximum absolute atomic E-state index is 11.7. The lowest BCUT2D eigenvalue weighted by Gasteiger charge is -2.36. The molecule has 0 saturated heterocycles. The summed E-state index contributed by atoms with van der Waals surface area (Å²) < 4.78 is 27.9. The van der Waals surface area contributed by atoms with Crippen molar-refractivity contribution >= 4 is 10.1 Å². The molecular weight excluding hydrogens is 284 g/mol. The highest BCUT2D eigenvalue weighted by atomic mass is 32.2. The number of hydrogen-bond acceptors (Lipinski definition) is 3. The van der Waals surface area contributed by atoms with Crippen molar-refractivity contribution in [3.8, 4) is 0 Å². The summed E-state index contributed by atoms with van der Waals surface area (Å²) in [5.41, 5.74) is 1.51. The summed E-state index contributed by atoms with van der Waals surface area (Å²) in [7, 11) is -2.43. The zero-order chi connectivity index (χ0) is 16.5. The van der Waals surface area contributed by atoms with Crippen LogP contribution in [0, 0.1) is 10.8 Å². The van der Waals surface area contributed by atoms with Gasteiger partial charge in [0.1, 0.15) is 0 Å². The summed E-state index contributed by atoms with van der Waals surface area (Å²) in [5.74, 6) is 0.372. The quantitative estimate of drug-likeness (QED) is 0.764. The fourth-order valence-electron chi connectivity index (χ4n) is 2.50. The summed E-state index contributed by atoms with van der Waals surface area (Å²) in [4.78, 5) is 0.206. The molecule has 0 aliphatic carbocycles. The molecule has 120 valence electrons. The molecule has 0 amide bonds. The minimum atomic E-state index is -3.61. The van der Waals surface area contributed by atoms with Crippen LogP contribution in [-0.2, 0) is 14.3 Å². The zero-order valence-electron chi connectivity index (χ0n) is 14.2. The van der Waals surface area contributed by atoms with E-state index in [9.17, 15) is 8.42 Å². The first kappa shape index (κ1) is 18.2. The normalized spacial score (nSPS) is 15.0. The highest BCUT2D eigenvalue weighted by Crippen LogP contribution is 2.43. The molecule has 1 aromatic rings.